The molecule has 1 fully saturated rings. The van der Waals surface area contributed by atoms with Crippen molar-refractivity contribution >= 4 is 0 Å². The Morgan fingerprint density at radius 3 is 1.62 bits per heavy atom. The fraction of sp³-hybridized carbons (Fsp3) is 0.357. The molecule has 180 valence electrons. The minimum atomic E-state index is -1.16. The van der Waals surface area contributed by atoms with Crippen LogP contribution in [0, 0.1) is 0 Å². The molecule has 0 bridgehead atoms. The average molecular weight is 465 g/mol. The van der Waals surface area contributed by atoms with Gasteiger partial charge in [0.25, 0.3) is 0 Å². The number of ether oxygens (including phenoxy) is 5. The van der Waals surface area contributed by atoms with Crippen LogP contribution in [0.15, 0.2) is 91.0 Å². The standard InChI is InChI=1S/C28H32O6/c1-30-27-26(33-19-23-15-9-4-10-16-23)25(32-18-22-13-7-3-8-14-22)24(34-28(27)29)20-31-17-21-11-5-2-6-12-21/h2-16,24-29H,17-20H2,1H3/t24-,25-,26+,27-,28+/m1/s1. The van der Waals surface area contributed by atoms with Gasteiger partial charge in [-0.2, -0.15) is 0 Å². The third kappa shape index (κ3) is 6.73. The van der Waals surface area contributed by atoms with Crippen molar-refractivity contribution in [2.24, 2.45) is 0 Å². The average Bonchev–Trinajstić information content (AvgIpc) is 2.88. The fourth-order valence-electron chi connectivity index (χ4n) is 4.07. The van der Waals surface area contributed by atoms with Crippen LogP contribution in [0.25, 0.3) is 0 Å². The van der Waals surface area contributed by atoms with Gasteiger partial charge in [-0.15, -0.1) is 0 Å². The molecular weight excluding hydrogens is 432 g/mol. The van der Waals surface area contributed by atoms with Gasteiger partial charge in [0.15, 0.2) is 6.29 Å². The second-order valence-electron chi connectivity index (χ2n) is 8.29. The molecule has 1 N–H and O–H groups in total. The van der Waals surface area contributed by atoms with Crippen molar-refractivity contribution in [1.82, 2.24) is 0 Å². The van der Waals surface area contributed by atoms with Gasteiger partial charge >= 0.3 is 0 Å². The highest BCUT2D eigenvalue weighted by Gasteiger charge is 2.47. The number of benzene rings is 3. The maximum atomic E-state index is 10.7. The van der Waals surface area contributed by atoms with E-state index in [1.807, 2.05) is 91.0 Å². The molecule has 0 radical (unpaired) electrons. The minimum Gasteiger partial charge on any atom is -0.374 e. The van der Waals surface area contributed by atoms with E-state index in [9.17, 15) is 5.11 Å². The van der Waals surface area contributed by atoms with Gasteiger partial charge in [0.05, 0.1) is 26.4 Å². The number of hydrogen-bond donors (Lipinski definition) is 1. The van der Waals surface area contributed by atoms with Crippen molar-refractivity contribution in [3.63, 3.8) is 0 Å². The number of hydrogen-bond acceptors (Lipinski definition) is 6. The Hall–Kier alpha value is -2.58. The van der Waals surface area contributed by atoms with Crippen LogP contribution in [0.1, 0.15) is 16.7 Å². The lowest BCUT2D eigenvalue weighted by molar-refractivity contribution is -0.311. The molecule has 0 aromatic heterocycles. The normalized spacial score (nSPS) is 24.7. The van der Waals surface area contributed by atoms with Gasteiger partial charge in [0, 0.05) is 7.11 Å². The summed E-state index contributed by atoms with van der Waals surface area (Å²) in [5.74, 6) is 0. The molecule has 5 atom stereocenters. The van der Waals surface area contributed by atoms with E-state index < -0.39 is 30.7 Å². The van der Waals surface area contributed by atoms with E-state index in [2.05, 4.69) is 0 Å². The molecule has 0 aliphatic carbocycles. The van der Waals surface area contributed by atoms with Gasteiger partial charge in [-0.1, -0.05) is 91.0 Å². The quantitative estimate of drug-likeness (QED) is 0.461. The number of methoxy groups -OCH3 is 1. The molecule has 0 saturated carbocycles. The number of aliphatic hydroxyl groups excluding tert-OH is 1. The highest BCUT2D eigenvalue weighted by atomic mass is 16.7. The van der Waals surface area contributed by atoms with E-state index in [4.69, 9.17) is 23.7 Å². The van der Waals surface area contributed by atoms with Crippen LogP contribution in [0.3, 0.4) is 0 Å². The van der Waals surface area contributed by atoms with Crippen LogP contribution in [0.4, 0.5) is 0 Å². The van der Waals surface area contributed by atoms with E-state index >= 15 is 0 Å². The van der Waals surface area contributed by atoms with Crippen LogP contribution in [-0.4, -0.2) is 49.5 Å². The molecule has 0 amide bonds. The first kappa shape index (κ1) is 24.5. The summed E-state index contributed by atoms with van der Waals surface area (Å²) in [7, 11) is 1.54. The number of rotatable bonds is 11. The molecule has 6 heteroatoms. The largest absolute Gasteiger partial charge is 0.374 e. The third-order valence-corrected chi connectivity index (χ3v) is 5.85. The van der Waals surface area contributed by atoms with E-state index in [1.165, 1.54) is 7.11 Å². The van der Waals surface area contributed by atoms with E-state index in [0.29, 0.717) is 19.8 Å². The lowest BCUT2D eigenvalue weighted by atomic mass is 9.98. The van der Waals surface area contributed by atoms with Crippen molar-refractivity contribution in [2.75, 3.05) is 13.7 Å². The summed E-state index contributed by atoms with van der Waals surface area (Å²) in [5.41, 5.74) is 3.12. The monoisotopic (exact) mass is 464 g/mol. The van der Waals surface area contributed by atoms with E-state index in [-0.39, 0.29) is 6.61 Å². The molecule has 0 unspecified atom stereocenters. The zero-order valence-corrected chi connectivity index (χ0v) is 19.4. The van der Waals surface area contributed by atoms with E-state index in [1.54, 1.807) is 0 Å². The Labute approximate surface area is 201 Å². The summed E-state index contributed by atoms with van der Waals surface area (Å²) in [4.78, 5) is 0. The van der Waals surface area contributed by atoms with Crippen LogP contribution >= 0.6 is 0 Å². The summed E-state index contributed by atoms with van der Waals surface area (Å²) < 4.78 is 30.1. The van der Waals surface area contributed by atoms with Crippen molar-refractivity contribution in [3.8, 4) is 0 Å². The lowest BCUT2D eigenvalue weighted by Gasteiger charge is -2.44. The van der Waals surface area contributed by atoms with Crippen LogP contribution in [0.2, 0.25) is 0 Å². The molecule has 1 saturated heterocycles. The molecule has 34 heavy (non-hydrogen) atoms. The summed E-state index contributed by atoms with van der Waals surface area (Å²) >= 11 is 0. The van der Waals surface area contributed by atoms with Crippen molar-refractivity contribution in [3.05, 3.63) is 108 Å². The molecule has 6 nitrogen and oxygen atoms in total. The highest BCUT2D eigenvalue weighted by Crippen LogP contribution is 2.29. The predicted molar refractivity (Wildman–Crippen MR) is 128 cm³/mol. The molecular formula is C28H32O6. The first-order chi connectivity index (χ1) is 16.7. The second kappa shape index (κ2) is 12.8. The summed E-state index contributed by atoms with van der Waals surface area (Å²) in [6.07, 6.45) is -3.45. The van der Waals surface area contributed by atoms with Gasteiger partial charge in [-0.3, -0.25) is 0 Å². The van der Waals surface area contributed by atoms with Crippen LogP contribution < -0.4 is 0 Å². The smallest absolute Gasteiger partial charge is 0.184 e. The molecule has 4 rings (SSSR count). The third-order valence-electron chi connectivity index (χ3n) is 5.85. The Morgan fingerprint density at radius 2 is 1.12 bits per heavy atom. The van der Waals surface area contributed by atoms with Gasteiger partial charge in [-0.25, -0.2) is 0 Å². The summed E-state index contributed by atoms with van der Waals surface area (Å²) in [5, 5.41) is 10.7. The number of aliphatic hydroxyl groups is 1. The van der Waals surface area contributed by atoms with Gasteiger partial charge < -0.3 is 28.8 Å². The first-order valence-corrected chi connectivity index (χ1v) is 11.5. The Bertz CT molecular complexity index is 952. The SMILES string of the molecule is CO[C@@H]1[C@@H](OCc2ccccc2)[C@H](OCc2ccccc2)[C@@H](COCc2ccccc2)O[C@@H]1O. The fourth-order valence-corrected chi connectivity index (χ4v) is 4.07. The molecule has 1 aliphatic heterocycles. The van der Waals surface area contributed by atoms with Crippen LogP contribution in [-0.2, 0) is 43.5 Å². The van der Waals surface area contributed by atoms with E-state index in [0.717, 1.165) is 16.7 Å². The van der Waals surface area contributed by atoms with Crippen molar-refractivity contribution in [1.29, 1.82) is 0 Å². The second-order valence-corrected chi connectivity index (χ2v) is 8.29. The predicted octanol–water partition coefficient (Wildman–Crippen LogP) is 4.11. The lowest BCUT2D eigenvalue weighted by Crippen LogP contribution is -2.61. The maximum Gasteiger partial charge on any atom is 0.184 e. The van der Waals surface area contributed by atoms with Crippen LogP contribution in [0.5, 0.6) is 0 Å². The highest BCUT2D eigenvalue weighted by molar-refractivity contribution is 5.15. The van der Waals surface area contributed by atoms with Gasteiger partial charge in [0.2, 0.25) is 0 Å². The van der Waals surface area contributed by atoms with Gasteiger partial charge in [-0.05, 0) is 16.7 Å². The Kier molecular flexibility index (Phi) is 9.21. The van der Waals surface area contributed by atoms with Crippen molar-refractivity contribution < 1.29 is 28.8 Å². The Morgan fingerprint density at radius 1 is 0.647 bits per heavy atom. The molecule has 3 aromatic rings. The zero-order valence-electron chi connectivity index (χ0n) is 19.4. The molecule has 1 aliphatic rings. The first-order valence-electron chi connectivity index (χ1n) is 11.5. The Balaban J connectivity index is 1.49. The summed E-state index contributed by atoms with van der Waals surface area (Å²) in [6.45, 7) is 1.42. The minimum absolute atomic E-state index is 0.243. The topological polar surface area (TPSA) is 66.4 Å². The molecule has 3 aromatic carbocycles. The molecule has 0 spiro atoms. The molecule has 1 heterocycles. The zero-order chi connectivity index (χ0) is 23.6. The summed E-state index contributed by atoms with van der Waals surface area (Å²) in [6, 6.07) is 29.8. The van der Waals surface area contributed by atoms with Gasteiger partial charge in [0.1, 0.15) is 24.4 Å². The van der Waals surface area contributed by atoms with Crippen molar-refractivity contribution in [2.45, 2.75) is 50.5 Å². The maximum absolute atomic E-state index is 10.7.